The molecule has 0 saturated heterocycles. The lowest BCUT2D eigenvalue weighted by Gasteiger charge is -2.04. The predicted octanol–water partition coefficient (Wildman–Crippen LogP) is 3.89. The Bertz CT molecular complexity index is 832. The summed E-state index contributed by atoms with van der Waals surface area (Å²) in [7, 11) is 0. The summed E-state index contributed by atoms with van der Waals surface area (Å²) in [6.07, 6.45) is 0.780. The van der Waals surface area contributed by atoms with Crippen LogP contribution in [-0.4, -0.2) is 28.4 Å². The molecular formula is C20H21N3O2S. The summed E-state index contributed by atoms with van der Waals surface area (Å²) in [4.78, 5) is 13.2. The van der Waals surface area contributed by atoms with E-state index in [1.165, 1.54) is 10.5 Å². The van der Waals surface area contributed by atoms with E-state index in [-0.39, 0.29) is 5.91 Å². The van der Waals surface area contributed by atoms with E-state index in [0.29, 0.717) is 31.2 Å². The Labute approximate surface area is 157 Å². The van der Waals surface area contributed by atoms with E-state index in [9.17, 15) is 4.79 Å². The zero-order valence-electron chi connectivity index (χ0n) is 14.6. The number of amides is 1. The number of nitrogens with one attached hydrogen (secondary N) is 1. The van der Waals surface area contributed by atoms with Crippen molar-refractivity contribution in [2.45, 2.75) is 24.7 Å². The average molecular weight is 367 g/mol. The highest BCUT2D eigenvalue weighted by Gasteiger charge is 2.10. The van der Waals surface area contributed by atoms with Crippen molar-refractivity contribution >= 4 is 17.7 Å². The van der Waals surface area contributed by atoms with Crippen LogP contribution in [0.5, 0.6) is 0 Å². The predicted molar refractivity (Wildman–Crippen MR) is 103 cm³/mol. The number of aryl methyl sites for hydroxylation is 2. The number of benzene rings is 2. The molecular weight excluding hydrogens is 346 g/mol. The van der Waals surface area contributed by atoms with Gasteiger partial charge in [-0.15, -0.1) is 22.0 Å². The van der Waals surface area contributed by atoms with E-state index < -0.39 is 0 Å². The number of rotatable bonds is 8. The molecule has 1 N–H and O–H groups in total. The molecule has 3 rings (SSSR count). The van der Waals surface area contributed by atoms with Crippen molar-refractivity contribution < 1.29 is 9.21 Å². The summed E-state index contributed by atoms with van der Waals surface area (Å²) in [5, 5.41) is 11.0. The van der Waals surface area contributed by atoms with Gasteiger partial charge >= 0.3 is 0 Å². The van der Waals surface area contributed by atoms with E-state index in [4.69, 9.17) is 4.42 Å². The molecule has 0 fully saturated rings. The fourth-order valence-electron chi connectivity index (χ4n) is 2.35. The highest BCUT2D eigenvalue weighted by Crippen LogP contribution is 2.18. The molecule has 0 radical (unpaired) electrons. The molecule has 0 atom stereocenters. The van der Waals surface area contributed by atoms with Crippen molar-refractivity contribution in [3.63, 3.8) is 0 Å². The zero-order chi connectivity index (χ0) is 18.2. The van der Waals surface area contributed by atoms with E-state index in [0.717, 1.165) is 11.3 Å². The van der Waals surface area contributed by atoms with Gasteiger partial charge in [-0.25, -0.2) is 0 Å². The first-order valence-corrected chi connectivity index (χ1v) is 9.53. The molecule has 0 aliphatic heterocycles. The highest BCUT2D eigenvalue weighted by molar-refractivity contribution is 7.99. The Morgan fingerprint density at radius 2 is 1.85 bits per heavy atom. The minimum absolute atomic E-state index is 0.00559. The van der Waals surface area contributed by atoms with Crippen LogP contribution in [0.1, 0.15) is 17.9 Å². The van der Waals surface area contributed by atoms with Gasteiger partial charge in [0.05, 0.1) is 0 Å². The summed E-state index contributed by atoms with van der Waals surface area (Å²) in [5.41, 5.74) is 2.13. The largest absolute Gasteiger partial charge is 0.421 e. The van der Waals surface area contributed by atoms with Crippen LogP contribution >= 0.6 is 11.8 Å². The van der Waals surface area contributed by atoms with Gasteiger partial charge in [0.15, 0.2) is 0 Å². The van der Waals surface area contributed by atoms with Gasteiger partial charge in [0.1, 0.15) is 0 Å². The summed E-state index contributed by atoms with van der Waals surface area (Å²) >= 11 is 1.73. The van der Waals surface area contributed by atoms with Gasteiger partial charge in [0.25, 0.3) is 0 Å². The summed E-state index contributed by atoms with van der Waals surface area (Å²) < 4.78 is 5.61. The van der Waals surface area contributed by atoms with Gasteiger partial charge in [-0.2, -0.15) is 0 Å². The lowest BCUT2D eigenvalue weighted by Crippen LogP contribution is -2.25. The molecule has 0 bridgehead atoms. The Morgan fingerprint density at radius 3 is 2.62 bits per heavy atom. The SMILES string of the molecule is Cc1ccc(SCCNC(=O)CCc2nnc(-c3ccccc3)o2)cc1. The Hall–Kier alpha value is -2.60. The van der Waals surface area contributed by atoms with E-state index in [2.05, 4.69) is 46.7 Å². The second-order valence-corrected chi connectivity index (χ2v) is 7.05. The molecule has 1 amide bonds. The number of hydrogen-bond donors (Lipinski definition) is 1. The second-order valence-electron chi connectivity index (χ2n) is 5.88. The van der Waals surface area contributed by atoms with Gasteiger partial charge in [-0.3, -0.25) is 4.79 Å². The van der Waals surface area contributed by atoms with Crippen LogP contribution in [0, 0.1) is 6.92 Å². The van der Waals surface area contributed by atoms with Crippen LogP contribution in [0.25, 0.3) is 11.5 Å². The number of carbonyl (C=O) groups is 1. The smallest absolute Gasteiger partial charge is 0.247 e. The molecule has 0 unspecified atom stereocenters. The quantitative estimate of drug-likeness (QED) is 0.483. The lowest BCUT2D eigenvalue weighted by atomic mass is 10.2. The third-order valence-corrected chi connectivity index (χ3v) is 4.78. The van der Waals surface area contributed by atoms with Crippen molar-refractivity contribution in [3.8, 4) is 11.5 Å². The maximum absolute atomic E-state index is 11.9. The molecule has 0 saturated carbocycles. The molecule has 26 heavy (non-hydrogen) atoms. The third kappa shape index (κ3) is 5.46. The van der Waals surface area contributed by atoms with Crippen molar-refractivity contribution in [2.24, 2.45) is 0 Å². The Morgan fingerprint density at radius 1 is 1.08 bits per heavy atom. The van der Waals surface area contributed by atoms with Crippen LogP contribution < -0.4 is 5.32 Å². The molecule has 1 heterocycles. The molecule has 3 aromatic rings. The monoisotopic (exact) mass is 367 g/mol. The topological polar surface area (TPSA) is 68.0 Å². The third-order valence-electron chi connectivity index (χ3n) is 3.77. The maximum atomic E-state index is 11.9. The molecule has 134 valence electrons. The number of hydrogen-bond acceptors (Lipinski definition) is 5. The first-order valence-electron chi connectivity index (χ1n) is 8.55. The van der Waals surface area contributed by atoms with Gasteiger partial charge < -0.3 is 9.73 Å². The number of carbonyl (C=O) groups excluding carboxylic acids is 1. The fourth-order valence-corrected chi connectivity index (χ4v) is 3.12. The van der Waals surface area contributed by atoms with Gasteiger partial charge in [-0.1, -0.05) is 35.9 Å². The average Bonchev–Trinajstić information content (AvgIpc) is 3.15. The van der Waals surface area contributed by atoms with E-state index in [1.54, 1.807) is 11.8 Å². The first kappa shape index (κ1) is 18.2. The fraction of sp³-hybridized carbons (Fsp3) is 0.250. The van der Waals surface area contributed by atoms with Crippen molar-refractivity contribution in [1.82, 2.24) is 15.5 Å². The summed E-state index contributed by atoms with van der Waals surface area (Å²) in [6.45, 7) is 2.71. The van der Waals surface area contributed by atoms with Crippen LogP contribution in [0.4, 0.5) is 0 Å². The van der Waals surface area contributed by atoms with Crippen molar-refractivity contribution in [3.05, 3.63) is 66.1 Å². The number of thioether (sulfide) groups is 1. The zero-order valence-corrected chi connectivity index (χ0v) is 15.5. The minimum Gasteiger partial charge on any atom is -0.421 e. The maximum Gasteiger partial charge on any atom is 0.247 e. The van der Waals surface area contributed by atoms with Crippen LogP contribution in [-0.2, 0) is 11.2 Å². The normalized spacial score (nSPS) is 10.7. The Kier molecular flexibility index (Phi) is 6.44. The standard InChI is InChI=1S/C20H21N3O2S/c1-15-7-9-17(10-8-15)26-14-13-21-18(24)11-12-19-22-23-20(25-19)16-5-3-2-4-6-16/h2-10H,11-14H2,1H3,(H,21,24). The highest BCUT2D eigenvalue weighted by atomic mass is 32.2. The van der Waals surface area contributed by atoms with Gasteiger partial charge in [-0.05, 0) is 31.2 Å². The van der Waals surface area contributed by atoms with E-state index in [1.807, 2.05) is 30.3 Å². The molecule has 1 aromatic heterocycles. The molecule has 2 aromatic carbocycles. The first-order chi connectivity index (χ1) is 12.7. The van der Waals surface area contributed by atoms with Crippen LogP contribution in [0.3, 0.4) is 0 Å². The molecule has 5 nitrogen and oxygen atoms in total. The molecule has 0 spiro atoms. The van der Waals surface area contributed by atoms with Gasteiger partial charge in [0, 0.05) is 35.6 Å². The summed E-state index contributed by atoms with van der Waals surface area (Å²) in [5.74, 6) is 1.80. The van der Waals surface area contributed by atoms with Crippen molar-refractivity contribution in [1.29, 1.82) is 0 Å². The van der Waals surface area contributed by atoms with Crippen LogP contribution in [0.2, 0.25) is 0 Å². The van der Waals surface area contributed by atoms with Crippen LogP contribution in [0.15, 0.2) is 63.9 Å². The van der Waals surface area contributed by atoms with Gasteiger partial charge in [0.2, 0.25) is 17.7 Å². The Balaban J connectivity index is 1.36. The van der Waals surface area contributed by atoms with Crippen molar-refractivity contribution in [2.75, 3.05) is 12.3 Å². The molecule has 0 aliphatic carbocycles. The molecule has 6 heteroatoms. The summed E-state index contributed by atoms with van der Waals surface area (Å²) in [6, 6.07) is 18.0. The lowest BCUT2D eigenvalue weighted by molar-refractivity contribution is -0.121. The number of nitrogens with zero attached hydrogens (tertiary/aromatic N) is 2. The van der Waals surface area contributed by atoms with E-state index >= 15 is 0 Å². The second kappa shape index (κ2) is 9.20. The molecule has 0 aliphatic rings. The minimum atomic E-state index is -0.00559. The number of aromatic nitrogens is 2.